The second kappa shape index (κ2) is 8.90. The van der Waals surface area contributed by atoms with Gasteiger partial charge in [0.05, 0.1) is 6.61 Å². The van der Waals surface area contributed by atoms with E-state index in [2.05, 4.69) is 11.0 Å². The Balaban J connectivity index is 1.95. The highest BCUT2D eigenvalue weighted by Crippen LogP contribution is 2.31. The smallest absolute Gasteiger partial charge is 0.164 e. The zero-order valence-corrected chi connectivity index (χ0v) is 13.1. The lowest BCUT2D eigenvalue weighted by molar-refractivity contribution is 0.178. The highest BCUT2D eigenvalue weighted by molar-refractivity contribution is 5.46. The van der Waals surface area contributed by atoms with Crippen LogP contribution in [0.3, 0.4) is 0 Å². The number of likely N-dealkylation sites (tertiary alicyclic amines) is 1. The van der Waals surface area contributed by atoms with Gasteiger partial charge in [0, 0.05) is 6.54 Å². The Labute approximate surface area is 128 Å². The van der Waals surface area contributed by atoms with Crippen LogP contribution in [-0.4, -0.2) is 44.3 Å². The van der Waals surface area contributed by atoms with E-state index in [9.17, 15) is 0 Å². The summed E-state index contributed by atoms with van der Waals surface area (Å²) in [5, 5.41) is 0. The molecule has 1 saturated heterocycles. The summed E-state index contributed by atoms with van der Waals surface area (Å²) in [5.74, 6) is 1.71. The summed E-state index contributed by atoms with van der Waals surface area (Å²) in [6.07, 6.45) is 4.81. The van der Waals surface area contributed by atoms with Crippen LogP contribution in [0.5, 0.6) is 11.5 Å². The minimum atomic E-state index is 0.623. The minimum absolute atomic E-state index is 0.623. The van der Waals surface area contributed by atoms with Gasteiger partial charge in [0.1, 0.15) is 6.61 Å². The van der Waals surface area contributed by atoms with Crippen molar-refractivity contribution in [3.8, 4) is 11.5 Å². The van der Waals surface area contributed by atoms with E-state index < -0.39 is 0 Å². The summed E-state index contributed by atoms with van der Waals surface area (Å²) < 4.78 is 11.7. The van der Waals surface area contributed by atoms with Crippen molar-refractivity contribution in [3.63, 3.8) is 0 Å². The second-order valence-corrected chi connectivity index (χ2v) is 5.47. The van der Waals surface area contributed by atoms with E-state index in [1.54, 1.807) is 0 Å². The molecule has 0 atom stereocenters. The Bertz CT molecular complexity index is 393. The number of hydrogen-bond acceptors (Lipinski definition) is 4. The molecule has 0 unspecified atom stereocenters. The van der Waals surface area contributed by atoms with Crippen LogP contribution < -0.4 is 15.2 Å². The third-order valence-electron chi connectivity index (χ3n) is 3.88. The van der Waals surface area contributed by atoms with Crippen molar-refractivity contribution in [1.82, 2.24) is 4.90 Å². The van der Waals surface area contributed by atoms with Gasteiger partial charge in [0.15, 0.2) is 11.5 Å². The van der Waals surface area contributed by atoms with Crippen LogP contribution in [0.2, 0.25) is 0 Å². The SMILES string of the molecule is CCOc1cccc(CCN)c1OCCN1CCCCC1. The van der Waals surface area contributed by atoms with Gasteiger partial charge in [-0.3, -0.25) is 4.90 Å². The average Bonchev–Trinajstić information content (AvgIpc) is 2.51. The molecule has 0 saturated carbocycles. The van der Waals surface area contributed by atoms with Gasteiger partial charge in [-0.1, -0.05) is 18.6 Å². The van der Waals surface area contributed by atoms with Crippen molar-refractivity contribution in [2.45, 2.75) is 32.6 Å². The Morgan fingerprint density at radius 3 is 2.67 bits per heavy atom. The van der Waals surface area contributed by atoms with E-state index in [1.165, 1.54) is 32.4 Å². The van der Waals surface area contributed by atoms with Crippen molar-refractivity contribution < 1.29 is 9.47 Å². The van der Waals surface area contributed by atoms with Crippen LogP contribution in [0.1, 0.15) is 31.7 Å². The fourth-order valence-electron chi connectivity index (χ4n) is 2.81. The number of piperidine rings is 1. The molecule has 0 amide bonds. The van der Waals surface area contributed by atoms with Crippen LogP contribution in [0.15, 0.2) is 18.2 Å². The summed E-state index contributed by atoms with van der Waals surface area (Å²) >= 11 is 0. The normalized spacial score (nSPS) is 15.9. The largest absolute Gasteiger partial charge is 0.490 e. The number of nitrogens with two attached hydrogens (primary N) is 1. The zero-order chi connectivity index (χ0) is 14.9. The first kappa shape index (κ1) is 16.1. The maximum atomic E-state index is 6.05. The molecule has 21 heavy (non-hydrogen) atoms. The van der Waals surface area contributed by atoms with Crippen molar-refractivity contribution in [2.75, 3.05) is 39.4 Å². The van der Waals surface area contributed by atoms with Gasteiger partial charge in [-0.05, 0) is 57.5 Å². The summed E-state index contributed by atoms with van der Waals surface area (Å²) in [7, 11) is 0. The van der Waals surface area contributed by atoms with Crippen LogP contribution in [0.25, 0.3) is 0 Å². The Morgan fingerprint density at radius 1 is 1.14 bits per heavy atom. The molecular formula is C17H28N2O2. The van der Waals surface area contributed by atoms with Crippen LogP contribution in [0.4, 0.5) is 0 Å². The van der Waals surface area contributed by atoms with E-state index >= 15 is 0 Å². The van der Waals surface area contributed by atoms with E-state index in [1.807, 2.05) is 19.1 Å². The molecule has 1 aromatic rings. The van der Waals surface area contributed by atoms with Crippen molar-refractivity contribution in [3.05, 3.63) is 23.8 Å². The van der Waals surface area contributed by atoms with Gasteiger partial charge >= 0.3 is 0 Å². The predicted octanol–water partition coefficient (Wildman–Crippen LogP) is 2.45. The molecule has 1 aromatic carbocycles. The first-order valence-electron chi connectivity index (χ1n) is 8.15. The molecule has 0 bridgehead atoms. The number of nitrogens with zero attached hydrogens (tertiary/aromatic N) is 1. The Morgan fingerprint density at radius 2 is 1.95 bits per heavy atom. The molecule has 4 heteroatoms. The van der Waals surface area contributed by atoms with Gasteiger partial charge in [-0.25, -0.2) is 0 Å². The molecular weight excluding hydrogens is 264 g/mol. The fraction of sp³-hybridized carbons (Fsp3) is 0.647. The van der Waals surface area contributed by atoms with Crippen LogP contribution in [0, 0.1) is 0 Å². The highest BCUT2D eigenvalue weighted by atomic mass is 16.5. The first-order valence-corrected chi connectivity index (χ1v) is 8.15. The predicted molar refractivity (Wildman–Crippen MR) is 86.2 cm³/mol. The molecule has 2 N–H and O–H groups in total. The maximum Gasteiger partial charge on any atom is 0.164 e. The van der Waals surface area contributed by atoms with Crippen LogP contribution >= 0.6 is 0 Å². The average molecular weight is 292 g/mol. The molecule has 1 aliphatic heterocycles. The molecule has 4 nitrogen and oxygen atoms in total. The molecule has 0 spiro atoms. The molecule has 118 valence electrons. The Kier molecular flexibility index (Phi) is 6.83. The summed E-state index contributed by atoms with van der Waals surface area (Å²) in [4.78, 5) is 2.48. The molecule has 0 radical (unpaired) electrons. The highest BCUT2D eigenvalue weighted by Gasteiger charge is 2.13. The number of hydrogen-bond donors (Lipinski definition) is 1. The van der Waals surface area contributed by atoms with Gasteiger partial charge < -0.3 is 15.2 Å². The van der Waals surface area contributed by atoms with Gasteiger partial charge in [0.25, 0.3) is 0 Å². The van der Waals surface area contributed by atoms with E-state index in [0.29, 0.717) is 19.8 Å². The maximum absolute atomic E-state index is 6.05. The standard InChI is InChI=1S/C17H28N2O2/c1-2-20-16-8-6-7-15(9-10-18)17(16)21-14-13-19-11-4-3-5-12-19/h6-8H,2-5,9-14,18H2,1H3. The van der Waals surface area contributed by atoms with Crippen molar-refractivity contribution in [2.24, 2.45) is 5.73 Å². The van der Waals surface area contributed by atoms with Gasteiger partial charge in [-0.2, -0.15) is 0 Å². The van der Waals surface area contributed by atoms with E-state index in [-0.39, 0.29) is 0 Å². The molecule has 1 heterocycles. The molecule has 0 aliphatic carbocycles. The molecule has 2 rings (SSSR count). The number of para-hydroxylation sites is 1. The molecule has 0 aromatic heterocycles. The second-order valence-electron chi connectivity index (χ2n) is 5.47. The Hall–Kier alpha value is -1.26. The minimum Gasteiger partial charge on any atom is -0.490 e. The fourth-order valence-corrected chi connectivity index (χ4v) is 2.81. The lowest BCUT2D eigenvalue weighted by Crippen LogP contribution is -2.33. The lowest BCUT2D eigenvalue weighted by atomic mass is 10.1. The van der Waals surface area contributed by atoms with E-state index in [0.717, 1.165) is 30.0 Å². The quantitative estimate of drug-likeness (QED) is 0.799. The summed E-state index contributed by atoms with van der Waals surface area (Å²) in [6.45, 7) is 7.36. The summed E-state index contributed by atoms with van der Waals surface area (Å²) in [6, 6.07) is 6.05. The topological polar surface area (TPSA) is 47.7 Å². The molecule has 1 fully saturated rings. The van der Waals surface area contributed by atoms with Gasteiger partial charge in [0.2, 0.25) is 0 Å². The number of rotatable bonds is 8. The number of ether oxygens (including phenoxy) is 2. The summed E-state index contributed by atoms with van der Waals surface area (Å²) in [5.41, 5.74) is 6.84. The van der Waals surface area contributed by atoms with E-state index in [4.69, 9.17) is 15.2 Å². The van der Waals surface area contributed by atoms with Crippen molar-refractivity contribution in [1.29, 1.82) is 0 Å². The third-order valence-corrected chi connectivity index (χ3v) is 3.88. The monoisotopic (exact) mass is 292 g/mol. The van der Waals surface area contributed by atoms with Crippen LogP contribution in [-0.2, 0) is 6.42 Å². The molecule has 1 aliphatic rings. The third kappa shape index (κ3) is 4.90. The zero-order valence-electron chi connectivity index (χ0n) is 13.1. The first-order chi connectivity index (χ1) is 10.3. The lowest BCUT2D eigenvalue weighted by Gasteiger charge is -2.26. The van der Waals surface area contributed by atoms with Gasteiger partial charge in [-0.15, -0.1) is 0 Å². The van der Waals surface area contributed by atoms with Crippen molar-refractivity contribution >= 4 is 0 Å². The number of benzene rings is 1.